The average Bonchev–Trinajstić information content (AvgIpc) is 2.58. The van der Waals surface area contributed by atoms with Gasteiger partial charge in [-0.25, -0.2) is 0 Å². The number of rotatable bonds is 4. The van der Waals surface area contributed by atoms with Crippen molar-refractivity contribution in [2.75, 3.05) is 19.6 Å². The highest BCUT2D eigenvalue weighted by Crippen LogP contribution is 2.33. The lowest BCUT2D eigenvalue weighted by molar-refractivity contribution is 0.153. The van der Waals surface area contributed by atoms with Crippen LogP contribution in [0.25, 0.3) is 0 Å². The molecule has 110 valence electrons. The molecule has 1 aliphatic heterocycles. The van der Waals surface area contributed by atoms with E-state index in [0.29, 0.717) is 6.54 Å². The summed E-state index contributed by atoms with van der Waals surface area (Å²) in [7, 11) is 0. The number of hydrogen-bond donors (Lipinski definition) is 1. The zero-order valence-electron chi connectivity index (χ0n) is 12.3. The van der Waals surface area contributed by atoms with E-state index in [0.717, 1.165) is 38.2 Å². The number of benzene rings is 1. The van der Waals surface area contributed by atoms with Crippen molar-refractivity contribution in [3.63, 3.8) is 0 Å². The van der Waals surface area contributed by atoms with E-state index >= 15 is 0 Å². The van der Waals surface area contributed by atoms with Gasteiger partial charge < -0.3 is 5.73 Å². The van der Waals surface area contributed by atoms with Gasteiger partial charge in [-0.15, -0.1) is 0 Å². The number of nitrogens with zero attached hydrogens (tertiary/aromatic N) is 3. The average molecular weight is 282 g/mol. The molecule has 1 aromatic carbocycles. The number of likely N-dealkylation sites (tertiary alicyclic amines) is 1. The number of aromatic nitrogens is 2. The topological polar surface area (TPSA) is 55.0 Å². The summed E-state index contributed by atoms with van der Waals surface area (Å²) in [5.41, 5.74) is 8.50. The van der Waals surface area contributed by atoms with Crippen molar-refractivity contribution in [2.45, 2.75) is 24.8 Å². The van der Waals surface area contributed by atoms with Crippen LogP contribution < -0.4 is 5.73 Å². The quantitative estimate of drug-likeness (QED) is 0.931. The zero-order valence-corrected chi connectivity index (χ0v) is 12.3. The number of nitrogens with two attached hydrogens (primary N) is 1. The van der Waals surface area contributed by atoms with Gasteiger partial charge in [0.15, 0.2) is 0 Å². The highest BCUT2D eigenvalue weighted by Gasteiger charge is 2.36. The van der Waals surface area contributed by atoms with Crippen LogP contribution >= 0.6 is 0 Å². The fourth-order valence-corrected chi connectivity index (χ4v) is 3.12. The Morgan fingerprint density at radius 3 is 2.48 bits per heavy atom. The maximum absolute atomic E-state index is 6.08. The minimum atomic E-state index is 0.00144. The summed E-state index contributed by atoms with van der Waals surface area (Å²) in [6.45, 7) is 3.78. The fourth-order valence-electron chi connectivity index (χ4n) is 3.12. The third kappa shape index (κ3) is 3.12. The van der Waals surface area contributed by atoms with Crippen molar-refractivity contribution in [1.29, 1.82) is 0 Å². The van der Waals surface area contributed by atoms with Gasteiger partial charge in [-0.1, -0.05) is 30.3 Å². The summed E-state index contributed by atoms with van der Waals surface area (Å²) in [6, 6.07) is 10.6. The van der Waals surface area contributed by atoms with Crippen LogP contribution in [0.15, 0.2) is 48.9 Å². The molecule has 0 amide bonds. The van der Waals surface area contributed by atoms with E-state index < -0.39 is 0 Å². The predicted molar refractivity (Wildman–Crippen MR) is 83.7 cm³/mol. The van der Waals surface area contributed by atoms with Crippen molar-refractivity contribution in [3.8, 4) is 0 Å². The Balaban J connectivity index is 1.66. The van der Waals surface area contributed by atoms with Crippen LogP contribution in [-0.4, -0.2) is 34.5 Å². The third-order valence-electron chi connectivity index (χ3n) is 4.56. The highest BCUT2D eigenvalue weighted by molar-refractivity contribution is 5.17. The summed E-state index contributed by atoms with van der Waals surface area (Å²) in [6.07, 6.45) is 7.46. The standard InChI is InChI=1S/C17H22N4/c18-14-17(16-12-19-8-9-20-16)6-10-21(11-7-17)13-15-4-2-1-3-5-15/h1-5,8-9,12H,6-7,10-11,13-14,18H2. The predicted octanol–water partition coefficient (Wildman–Crippen LogP) is 1.97. The lowest BCUT2D eigenvalue weighted by Crippen LogP contribution is -2.47. The van der Waals surface area contributed by atoms with E-state index in [9.17, 15) is 0 Å². The van der Waals surface area contributed by atoms with Crippen LogP contribution in [0.3, 0.4) is 0 Å². The number of hydrogen-bond acceptors (Lipinski definition) is 4. The van der Waals surface area contributed by atoms with Crippen LogP contribution in [0, 0.1) is 0 Å². The molecular weight excluding hydrogens is 260 g/mol. The second-order valence-corrected chi connectivity index (χ2v) is 5.84. The van der Waals surface area contributed by atoms with Crippen LogP contribution in [0.1, 0.15) is 24.1 Å². The molecule has 0 bridgehead atoms. The molecule has 1 aromatic heterocycles. The first kappa shape index (κ1) is 14.2. The minimum Gasteiger partial charge on any atom is -0.330 e. The maximum Gasteiger partial charge on any atom is 0.0661 e. The summed E-state index contributed by atoms with van der Waals surface area (Å²) >= 11 is 0. The minimum absolute atomic E-state index is 0.00144. The molecule has 2 aromatic rings. The molecule has 0 radical (unpaired) electrons. The lowest BCUT2D eigenvalue weighted by atomic mass is 9.75. The molecule has 1 saturated heterocycles. The largest absolute Gasteiger partial charge is 0.330 e. The first-order chi connectivity index (χ1) is 10.3. The van der Waals surface area contributed by atoms with E-state index in [-0.39, 0.29) is 5.41 Å². The van der Waals surface area contributed by atoms with Crippen molar-refractivity contribution < 1.29 is 0 Å². The molecule has 2 N–H and O–H groups in total. The Morgan fingerprint density at radius 1 is 1.10 bits per heavy atom. The van der Waals surface area contributed by atoms with Gasteiger partial charge in [0.2, 0.25) is 0 Å². The van der Waals surface area contributed by atoms with Gasteiger partial charge in [0.05, 0.1) is 5.69 Å². The van der Waals surface area contributed by atoms with Crippen LogP contribution in [-0.2, 0) is 12.0 Å². The van der Waals surface area contributed by atoms with Crippen LogP contribution in [0.2, 0.25) is 0 Å². The zero-order chi connectivity index (χ0) is 14.5. The molecule has 4 heteroatoms. The molecule has 0 spiro atoms. The molecule has 0 unspecified atom stereocenters. The second-order valence-electron chi connectivity index (χ2n) is 5.84. The molecule has 4 nitrogen and oxygen atoms in total. The summed E-state index contributed by atoms with van der Waals surface area (Å²) in [5, 5.41) is 0. The normalized spacial score (nSPS) is 18.5. The maximum atomic E-state index is 6.08. The molecular formula is C17H22N4. The summed E-state index contributed by atoms with van der Waals surface area (Å²) in [5.74, 6) is 0. The van der Waals surface area contributed by atoms with Gasteiger partial charge in [0.25, 0.3) is 0 Å². The van der Waals surface area contributed by atoms with Crippen molar-refractivity contribution >= 4 is 0 Å². The first-order valence-electron chi connectivity index (χ1n) is 7.55. The molecule has 21 heavy (non-hydrogen) atoms. The second kappa shape index (κ2) is 6.33. The number of piperidine rings is 1. The van der Waals surface area contributed by atoms with E-state index in [2.05, 4.69) is 45.2 Å². The van der Waals surface area contributed by atoms with Crippen LogP contribution in [0.4, 0.5) is 0 Å². The first-order valence-corrected chi connectivity index (χ1v) is 7.55. The molecule has 0 atom stereocenters. The molecule has 1 fully saturated rings. The molecule has 2 heterocycles. The van der Waals surface area contributed by atoms with Gasteiger partial charge >= 0.3 is 0 Å². The highest BCUT2D eigenvalue weighted by atomic mass is 15.1. The van der Waals surface area contributed by atoms with Gasteiger partial charge in [0, 0.05) is 37.1 Å². The van der Waals surface area contributed by atoms with Gasteiger partial charge in [0.1, 0.15) is 0 Å². The van der Waals surface area contributed by atoms with E-state index in [1.54, 1.807) is 12.4 Å². The van der Waals surface area contributed by atoms with E-state index in [4.69, 9.17) is 5.73 Å². The fraction of sp³-hybridized carbons (Fsp3) is 0.412. The summed E-state index contributed by atoms with van der Waals surface area (Å²) < 4.78 is 0. The lowest BCUT2D eigenvalue weighted by Gasteiger charge is -2.40. The van der Waals surface area contributed by atoms with Gasteiger partial charge in [-0.3, -0.25) is 14.9 Å². The Morgan fingerprint density at radius 2 is 1.86 bits per heavy atom. The van der Waals surface area contributed by atoms with Crippen molar-refractivity contribution in [1.82, 2.24) is 14.9 Å². The smallest absolute Gasteiger partial charge is 0.0661 e. The monoisotopic (exact) mass is 282 g/mol. The molecule has 0 saturated carbocycles. The van der Waals surface area contributed by atoms with Crippen molar-refractivity contribution in [3.05, 3.63) is 60.2 Å². The Labute approximate surface area is 126 Å². The van der Waals surface area contributed by atoms with Crippen LogP contribution in [0.5, 0.6) is 0 Å². The van der Waals surface area contributed by atoms with Gasteiger partial charge in [-0.05, 0) is 31.5 Å². The van der Waals surface area contributed by atoms with E-state index in [1.807, 2.05) is 6.20 Å². The van der Waals surface area contributed by atoms with Gasteiger partial charge in [-0.2, -0.15) is 0 Å². The molecule has 3 rings (SSSR count). The Bertz CT molecular complexity index is 548. The Kier molecular flexibility index (Phi) is 4.27. The molecule has 0 aliphatic carbocycles. The Hall–Kier alpha value is -1.78. The summed E-state index contributed by atoms with van der Waals surface area (Å²) in [4.78, 5) is 11.2. The van der Waals surface area contributed by atoms with Crippen molar-refractivity contribution in [2.24, 2.45) is 5.73 Å². The SMILES string of the molecule is NCC1(c2cnccn2)CCN(Cc2ccccc2)CC1. The third-order valence-corrected chi connectivity index (χ3v) is 4.56. The molecule has 1 aliphatic rings. The van der Waals surface area contributed by atoms with E-state index in [1.165, 1.54) is 5.56 Å².